The van der Waals surface area contributed by atoms with Gasteiger partial charge in [0.1, 0.15) is 35.7 Å². The largest absolute Gasteiger partial charge is 0.451 e. The molecule has 0 spiro atoms. The Kier molecular flexibility index (Phi) is 23.2. The molecule has 4 aromatic rings. The highest BCUT2D eigenvalue weighted by molar-refractivity contribution is 5.94. The molecule has 80 heavy (non-hydrogen) atoms. The predicted molar refractivity (Wildman–Crippen MR) is 294 cm³/mol. The second kappa shape index (κ2) is 29.2. The number of ether oxygens (including phenoxy) is 4. The van der Waals surface area contributed by atoms with E-state index in [1.54, 1.807) is 36.7 Å². The van der Waals surface area contributed by atoms with E-state index in [-0.39, 0.29) is 62.2 Å². The van der Waals surface area contributed by atoms with Gasteiger partial charge in [0.2, 0.25) is 0 Å². The van der Waals surface area contributed by atoms with Gasteiger partial charge in [0.15, 0.2) is 37.2 Å². The Morgan fingerprint density at radius 1 is 0.400 bits per heavy atom. The third kappa shape index (κ3) is 17.8. The summed E-state index contributed by atoms with van der Waals surface area (Å²) in [5, 5.41) is 0. The number of amides is 4. The number of hydrogen-bond donors (Lipinski definition) is 0. The lowest BCUT2D eigenvalue weighted by Crippen LogP contribution is -2.55. The van der Waals surface area contributed by atoms with Gasteiger partial charge in [-0.3, -0.25) is 19.2 Å². The van der Waals surface area contributed by atoms with Crippen LogP contribution in [0.1, 0.15) is 129 Å². The van der Waals surface area contributed by atoms with Crippen molar-refractivity contribution in [3.8, 4) is 0 Å². The lowest BCUT2D eigenvalue weighted by atomic mass is 9.99. The van der Waals surface area contributed by atoms with Gasteiger partial charge < -0.3 is 47.4 Å². The number of rotatable bonds is 16. The summed E-state index contributed by atoms with van der Waals surface area (Å²) in [6.07, 6.45) is 0.735. The van der Waals surface area contributed by atoms with Crippen molar-refractivity contribution in [2.75, 3.05) is 28.2 Å². The minimum Gasteiger partial charge on any atom is -0.451 e. The number of cyclic esters (lactones) is 4. The van der Waals surface area contributed by atoms with Crippen LogP contribution in [0.4, 0.5) is 0 Å². The van der Waals surface area contributed by atoms with Crippen LogP contribution in [0.25, 0.3) is 0 Å². The fourth-order valence-corrected chi connectivity index (χ4v) is 9.56. The quantitative estimate of drug-likeness (QED) is 0.0826. The Balaban J connectivity index is 1.59. The Morgan fingerprint density at radius 2 is 0.662 bits per heavy atom. The van der Waals surface area contributed by atoms with Crippen LogP contribution in [0, 0.1) is 23.7 Å². The molecule has 436 valence electrons. The molecular weight excluding hydrogens is 1030 g/mol. The Morgan fingerprint density at radius 3 is 0.925 bits per heavy atom. The van der Waals surface area contributed by atoms with Gasteiger partial charge >= 0.3 is 23.9 Å². The molecule has 1 aliphatic heterocycles. The van der Waals surface area contributed by atoms with Crippen LogP contribution in [-0.4, -0.2) is 154 Å². The maximum atomic E-state index is 15.0. The zero-order valence-corrected chi connectivity index (χ0v) is 48.9. The Bertz CT molecular complexity index is 2490. The van der Waals surface area contributed by atoms with Crippen molar-refractivity contribution >= 4 is 47.5 Å². The first-order valence-electron chi connectivity index (χ1n) is 27.5. The van der Waals surface area contributed by atoms with Crippen molar-refractivity contribution in [1.29, 1.82) is 0 Å². The molecule has 2 aromatic carbocycles. The topological polar surface area (TPSA) is 238 Å². The summed E-state index contributed by atoms with van der Waals surface area (Å²) < 4.78 is 35.0. The lowest BCUT2D eigenvalue weighted by molar-refractivity contribution is -0.176. The van der Waals surface area contributed by atoms with Crippen LogP contribution in [0.15, 0.2) is 82.5 Å². The Labute approximate surface area is 470 Å². The van der Waals surface area contributed by atoms with Gasteiger partial charge in [0.05, 0.1) is 12.4 Å². The van der Waals surface area contributed by atoms with E-state index in [4.69, 9.17) is 27.8 Å². The molecular formula is C60H82N6O14. The van der Waals surface area contributed by atoms with Gasteiger partial charge in [-0.2, -0.15) is 0 Å². The third-order valence-corrected chi connectivity index (χ3v) is 14.1. The van der Waals surface area contributed by atoms with E-state index in [1.807, 2.05) is 79.7 Å². The number of oxazole rings is 2. The van der Waals surface area contributed by atoms with E-state index in [1.165, 1.54) is 54.8 Å². The number of carbonyl (C=O) groups excluding carboxylic acids is 8. The fourth-order valence-electron chi connectivity index (χ4n) is 9.56. The molecule has 1 aliphatic rings. The fraction of sp³-hybridized carbons (Fsp3) is 0.567. The molecule has 4 amide bonds. The van der Waals surface area contributed by atoms with Crippen molar-refractivity contribution in [2.24, 2.45) is 23.7 Å². The van der Waals surface area contributed by atoms with Crippen LogP contribution in [0.5, 0.6) is 0 Å². The van der Waals surface area contributed by atoms with Gasteiger partial charge in [-0.15, -0.1) is 0 Å². The minimum atomic E-state index is -1.54. The summed E-state index contributed by atoms with van der Waals surface area (Å²) in [5.74, 6) is -6.24. The summed E-state index contributed by atoms with van der Waals surface area (Å²) in [6, 6.07) is 9.31. The zero-order valence-electron chi connectivity index (χ0n) is 48.9. The summed E-state index contributed by atoms with van der Waals surface area (Å²) in [7, 11) is 5.54. The van der Waals surface area contributed by atoms with E-state index in [0.717, 1.165) is 30.7 Å². The van der Waals surface area contributed by atoms with Gasteiger partial charge in [0, 0.05) is 53.9 Å². The molecule has 2 aromatic heterocycles. The monoisotopic (exact) mass is 1110 g/mol. The second-order valence-electron chi connectivity index (χ2n) is 22.7. The van der Waals surface area contributed by atoms with Crippen molar-refractivity contribution < 1.29 is 66.1 Å². The van der Waals surface area contributed by atoms with E-state index >= 15 is 0 Å². The molecule has 1 fully saturated rings. The van der Waals surface area contributed by atoms with Crippen molar-refractivity contribution in [3.63, 3.8) is 0 Å². The summed E-state index contributed by atoms with van der Waals surface area (Å²) >= 11 is 0. The minimum absolute atomic E-state index is 0.0764. The normalized spacial score (nSPS) is 23.2. The first-order valence-corrected chi connectivity index (χ1v) is 27.5. The highest BCUT2D eigenvalue weighted by Gasteiger charge is 2.43. The number of hydrogen-bond acceptors (Lipinski definition) is 16. The molecule has 20 nitrogen and oxygen atoms in total. The average Bonchev–Trinajstić information content (AvgIpc) is 4.14. The van der Waals surface area contributed by atoms with Gasteiger partial charge in [-0.1, -0.05) is 104 Å². The standard InChI is InChI=1S/C60H82N6O14/c1-35(2)23-47-57(71)77-39(9)53(67)63(11)50(26-38(7)8)60(74)80-52(30-44-21-17-42(18-22-44)28-46-32-62-34-76-46)56(70)66(14)48(24-36(3)4)58(72)78-40(10)54(68)64(12)49(25-37(5)6)59(73)79-51(55(69)65(47)13)29-43-19-15-41(16-20-43)27-45-31-61-33-75-45/h15-22,31-40,47-52H,23-30H2,1-14H3/t39-,40-,47+,48+,49+,50+,51-,52-/m1/s1. The van der Waals surface area contributed by atoms with E-state index in [9.17, 15) is 38.4 Å². The molecule has 8 atom stereocenters. The smallest absolute Gasteiger partial charge is 0.329 e. The molecule has 0 saturated carbocycles. The molecule has 0 N–H and O–H groups in total. The summed E-state index contributed by atoms with van der Waals surface area (Å²) in [5.41, 5.74) is 2.96. The number of nitrogens with zero attached hydrogens (tertiary/aromatic N) is 6. The number of carbonyl (C=O) groups is 8. The third-order valence-electron chi connectivity index (χ3n) is 14.1. The first kappa shape index (κ1) is 63.5. The molecule has 20 heteroatoms. The van der Waals surface area contributed by atoms with Gasteiger partial charge in [-0.05, 0) is 85.5 Å². The van der Waals surface area contributed by atoms with Crippen LogP contribution in [0.3, 0.4) is 0 Å². The van der Waals surface area contributed by atoms with Gasteiger partial charge in [0.25, 0.3) is 23.6 Å². The van der Waals surface area contributed by atoms with Crippen molar-refractivity contribution in [3.05, 3.63) is 107 Å². The molecule has 0 bridgehead atoms. The molecule has 5 rings (SSSR count). The van der Waals surface area contributed by atoms with E-state index in [2.05, 4.69) is 9.97 Å². The average molecular weight is 1110 g/mol. The molecule has 0 aliphatic carbocycles. The highest BCUT2D eigenvalue weighted by atomic mass is 16.6. The lowest BCUT2D eigenvalue weighted by Gasteiger charge is -2.35. The maximum Gasteiger partial charge on any atom is 0.329 e. The van der Waals surface area contributed by atoms with E-state index < -0.39 is 96.1 Å². The van der Waals surface area contributed by atoms with Crippen LogP contribution in [0.2, 0.25) is 0 Å². The number of benzene rings is 2. The second-order valence-corrected chi connectivity index (χ2v) is 22.7. The zero-order chi connectivity index (χ0) is 59.1. The van der Waals surface area contributed by atoms with Crippen LogP contribution >= 0.6 is 0 Å². The predicted octanol–water partition coefficient (Wildman–Crippen LogP) is 6.82. The molecule has 0 unspecified atom stereocenters. The first-order chi connectivity index (χ1) is 37.7. The molecule has 1 saturated heterocycles. The van der Waals surface area contributed by atoms with Crippen molar-refractivity contribution in [1.82, 2.24) is 29.6 Å². The van der Waals surface area contributed by atoms with Crippen LogP contribution < -0.4 is 0 Å². The number of aromatic nitrogens is 2. The van der Waals surface area contributed by atoms with Crippen molar-refractivity contribution in [2.45, 2.75) is 169 Å². The maximum absolute atomic E-state index is 15.0. The summed E-state index contributed by atoms with van der Waals surface area (Å²) in [6.45, 7) is 17.5. The molecule has 3 heterocycles. The number of esters is 4. The van der Waals surface area contributed by atoms with Crippen LogP contribution in [-0.2, 0) is 83.0 Å². The number of likely N-dealkylation sites (N-methyl/N-ethyl adjacent to an activating group) is 4. The highest BCUT2D eigenvalue weighted by Crippen LogP contribution is 2.25. The van der Waals surface area contributed by atoms with E-state index in [0.29, 0.717) is 35.5 Å². The SMILES string of the molecule is CC(C)C[C@H]1C(=O)O[C@H](Cc2ccc(Cc3cnco3)cc2)C(=O)N(C)[C@@H](CC(C)C)C(=O)O[C@H](C)C(=O)N(C)[C@@H](CC(C)C)C(=O)O[C@H](Cc2ccc(Cc3cnco3)cc2)C(=O)N(C)[C@@H](CC(C)C)C(=O)O[C@H](C)C(=O)N1C. The molecule has 0 radical (unpaired) electrons. The summed E-state index contributed by atoms with van der Waals surface area (Å²) in [4.78, 5) is 130. The van der Waals surface area contributed by atoms with Gasteiger partial charge in [-0.25, -0.2) is 29.1 Å². The Hall–Kier alpha value is -7.38.